The molecule has 0 aromatic heterocycles. The summed E-state index contributed by atoms with van der Waals surface area (Å²) in [6.07, 6.45) is 0. The van der Waals surface area contributed by atoms with Gasteiger partial charge in [-0.2, -0.15) is 0 Å². The van der Waals surface area contributed by atoms with Gasteiger partial charge in [-0.15, -0.1) is 0 Å². The molecule has 4 nitrogen and oxygen atoms in total. The van der Waals surface area contributed by atoms with E-state index in [9.17, 15) is 0 Å². The van der Waals surface area contributed by atoms with Crippen molar-refractivity contribution in [2.24, 2.45) is 0 Å². The molecule has 0 saturated heterocycles. The Kier molecular flexibility index (Phi) is 6.04. The zero-order valence-corrected chi connectivity index (χ0v) is 15.6. The lowest BCUT2D eigenvalue weighted by atomic mass is 10.1. The van der Waals surface area contributed by atoms with Crippen LogP contribution in [0.2, 0.25) is 0 Å². The first kappa shape index (κ1) is 18.1. The van der Waals surface area contributed by atoms with E-state index < -0.39 is 0 Å². The van der Waals surface area contributed by atoms with Gasteiger partial charge in [0.2, 0.25) is 0 Å². The van der Waals surface area contributed by atoms with Gasteiger partial charge in [-0.25, -0.2) is 0 Å². The molecule has 0 radical (unpaired) electrons. The van der Waals surface area contributed by atoms with Crippen LogP contribution in [0, 0.1) is 13.8 Å². The first-order valence-electron chi connectivity index (χ1n) is 7.80. The minimum absolute atomic E-state index is 0.0377. The second kappa shape index (κ2) is 8.02. The summed E-state index contributed by atoms with van der Waals surface area (Å²) >= 11 is 5.43. The minimum Gasteiger partial charge on any atom is -0.493 e. The molecule has 0 amide bonds. The van der Waals surface area contributed by atoms with Crippen LogP contribution < -0.4 is 20.1 Å². The number of rotatable bonds is 5. The number of nitrogens with one attached hydrogen (secondary N) is 2. The molecule has 0 saturated carbocycles. The topological polar surface area (TPSA) is 42.5 Å². The summed E-state index contributed by atoms with van der Waals surface area (Å²) in [6, 6.07) is 12.2. The van der Waals surface area contributed by atoms with Crippen LogP contribution in [0.3, 0.4) is 0 Å². The smallest absolute Gasteiger partial charge is 0.171 e. The van der Waals surface area contributed by atoms with Crippen LogP contribution >= 0.6 is 12.2 Å². The maximum absolute atomic E-state index is 5.43. The van der Waals surface area contributed by atoms with Crippen molar-refractivity contribution in [3.63, 3.8) is 0 Å². The number of methoxy groups -OCH3 is 2. The highest BCUT2D eigenvalue weighted by Gasteiger charge is 2.11. The lowest BCUT2D eigenvalue weighted by molar-refractivity contribution is 0.354. The van der Waals surface area contributed by atoms with Gasteiger partial charge in [0.1, 0.15) is 0 Å². The fourth-order valence-corrected chi connectivity index (χ4v) is 2.91. The summed E-state index contributed by atoms with van der Waals surface area (Å²) < 4.78 is 10.6. The summed E-state index contributed by atoms with van der Waals surface area (Å²) in [4.78, 5) is 0. The Hall–Kier alpha value is -2.27. The fourth-order valence-electron chi connectivity index (χ4n) is 2.62. The first-order chi connectivity index (χ1) is 11.4. The predicted molar refractivity (Wildman–Crippen MR) is 103 cm³/mol. The number of aryl methyl sites for hydroxylation is 2. The summed E-state index contributed by atoms with van der Waals surface area (Å²) in [5.41, 5.74) is 4.46. The molecular weight excluding hydrogens is 320 g/mol. The van der Waals surface area contributed by atoms with Gasteiger partial charge >= 0.3 is 0 Å². The third kappa shape index (κ3) is 4.61. The van der Waals surface area contributed by atoms with E-state index in [2.05, 4.69) is 49.6 Å². The Bertz CT molecular complexity index is 711. The van der Waals surface area contributed by atoms with Crippen LogP contribution in [0.1, 0.15) is 29.7 Å². The van der Waals surface area contributed by atoms with Gasteiger partial charge in [0.15, 0.2) is 16.6 Å². The molecule has 24 heavy (non-hydrogen) atoms. The summed E-state index contributed by atoms with van der Waals surface area (Å²) in [5, 5.41) is 7.12. The van der Waals surface area contributed by atoms with Gasteiger partial charge in [0.05, 0.1) is 20.3 Å². The van der Waals surface area contributed by atoms with E-state index in [1.807, 2.05) is 18.2 Å². The molecule has 1 atom stereocenters. The van der Waals surface area contributed by atoms with Gasteiger partial charge in [0.25, 0.3) is 0 Å². The molecule has 128 valence electrons. The molecule has 2 aromatic carbocycles. The van der Waals surface area contributed by atoms with Crippen molar-refractivity contribution in [2.75, 3.05) is 19.5 Å². The van der Waals surface area contributed by atoms with E-state index in [1.165, 1.54) is 11.1 Å². The summed E-state index contributed by atoms with van der Waals surface area (Å²) in [6.45, 7) is 6.19. The van der Waals surface area contributed by atoms with Crippen molar-refractivity contribution in [1.29, 1.82) is 0 Å². The predicted octanol–water partition coefficient (Wildman–Crippen LogP) is 4.37. The number of ether oxygens (including phenoxy) is 2. The molecular formula is C19H24N2O2S. The Balaban J connectivity index is 2.05. The number of benzene rings is 2. The average molecular weight is 344 g/mol. The molecule has 2 N–H and O–H groups in total. The SMILES string of the molecule is COc1ccc(C(C)NC(=S)Nc2cc(C)cc(C)c2)cc1OC. The fraction of sp³-hybridized carbons (Fsp3) is 0.316. The average Bonchev–Trinajstić information content (AvgIpc) is 2.52. The number of hydrogen-bond donors (Lipinski definition) is 2. The molecule has 0 aliphatic rings. The molecule has 0 aliphatic heterocycles. The molecule has 5 heteroatoms. The van der Waals surface area contributed by atoms with Crippen molar-refractivity contribution in [3.8, 4) is 11.5 Å². The highest BCUT2D eigenvalue weighted by Crippen LogP contribution is 2.29. The Labute approximate surface area is 149 Å². The molecule has 2 aromatic rings. The van der Waals surface area contributed by atoms with Gasteiger partial charge in [-0.3, -0.25) is 0 Å². The second-order valence-corrected chi connectivity index (χ2v) is 6.22. The van der Waals surface area contributed by atoms with Crippen LogP contribution in [0.5, 0.6) is 11.5 Å². The highest BCUT2D eigenvalue weighted by atomic mass is 32.1. The number of thiocarbonyl (C=S) groups is 1. The zero-order valence-electron chi connectivity index (χ0n) is 14.8. The van der Waals surface area contributed by atoms with Crippen LogP contribution in [-0.2, 0) is 0 Å². The van der Waals surface area contributed by atoms with Crippen molar-refractivity contribution in [3.05, 3.63) is 53.1 Å². The lowest BCUT2D eigenvalue weighted by Gasteiger charge is -2.19. The van der Waals surface area contributed by atoms with Crippen LogP contribution in [0.15, 0.2) is 36.4 Å². The normalized spacial score (nSPS) is 11.5. The van der Waals surface area contributed by atoms with Crippen molar-refractivity contribution < 1.29 is 9.47 Å². The van der Waals surface area contributed by atoms with Crippen molar-refractivity contribution in [1.82, 2.24) is 5.32 Å². The summed E-state index contributed by atoms with van der Waals surface area (Å²) in [5.74, 6) is 1.42. The molecule has 2 rings (SSSR count). The first-order valence-corrected chi connectivity index (χ1v) is 8.21. The molecule has 0 fully saturated rings. The zero-order chi connectivity index (χ0) is 17.7. The van der Waals surface area contributed by atoms with Gasteiger partial charge in [-0.1, -0.05) is 12.1 Å². The maximum Gasteiger partial charge on any atom is 0.171 e. The minimum atomic E-state index is 0.0377. The number of hydrogen-bond acceptors (Lipinski definition) is 3. The third-order valence-corrected chi connectivity index (χ3v) is 3.95. The highest BCUT2D eigenvalue weighted by molar-refractivity contribution is 7.80. The quantitative estimate of drug-likeness (QED) is 0.789. The lowest BCUT2D eigenvalue weighted by Crippen LogP contribution is -2.30. The van der Waals surface area contributed by atoms with Crippen molar-refractivity contribution in [2.45, 2.75) is 26.8 Å². The van der Waals surface area contributed by atoms with Gasteiger partial charge in [-0.05, 0) is 73.9 Å². The Morgan fingerprint density at radius 1 is 0.958 bits per heavy atom. The van der Waals surface area contributed by atoms with Crippen LogP contribution in [-0.4, -0.2) is 19.3 Å². The van der Waals surface area contributed by atoms with E-state index in [4.69, 9.17) is 21.7 Å². The van der Waals surface area contributed by atoms with Crippen LogP contribution in [0.25, 0.3) is 0 Å². The molecule has 1 unspecified atom stereocenters. The number of anilines is 1. The van der Waals surface area contributed by atoms with E-state index in [0.717, 1.165) is 11.3 Å². The van der Waals surface area contributed by atoms with E-state index in [0.29, 0.717) is 16.6 Å². The Morgan fingerprint density at radius 3 is 2.17 bits per heavy atom. The summed E-state index contributed by atoms with van der Waals surface area (Å²) in [7, 11) is 3.26. The molecule has 0 spiro atoms. The standard InChI is InChI=1S/C19H24N2O2S/c1-12-8-13(2)10-16(9-12)21-19(24)20-14(3)15-6-7-17(22-4)18(11-15)23-5/h6-11,14H,1-5H3,(H2,20,21,24). The van der Waals surface area contributed by atoms with E-state index in [-0.39, 0.29) is 6.04 Å². The Morgan fingerprint density at radius 2 is 1.58 bits per heavy atom. The van der Waals surface area contributed by atoms with Crippen LogP contribution in [0.4, 0.5) is 5.69 Å². The van der Waals surface area contributed by atoms with E-state index >= 15 is 0 Å². The van der Waals surface area contributed by atoms with Gasteiger partial charge in [0, 0.05) is 5.69 Å². The van der Waals surface area contributed by atoms with Crippen molar-refractivity contribution >= 4 is 23.0 Å². The largest absolute Gasteiger partial charge is 0.493 e. The molecule has 0 heterocycles. The molecule has 0 bridgehead atoms. The monoisotopic (exact) mass is 344 g/mol. The molecule has 0 aliphatic carbocycles. The second-order valence-electron chi connectivity index (χ2n) is 5.81. The van der Waals surface area contributed by atoms with E-state index in [1.54, 1.807) is 14.2 Å². The maximum atomic E-state index is 5.43. The van der Waals surface area contributed by atoms with Gasteiger partial charge < -0.3 is 20.1 Å². The third-order valence-electron chi connectivity index (χ3n) is 3.73.